The predicted molar refractivity (Wildman–Crippen MR) is 122 cm³/mol. The fraction of sp³-hybridized carbons (Fsp3) is 0.737. The lowest BCUT2D eigenvalue weighted by molar-refractivity contribution is 0.200. The number of halogens is 1. The zero-order chi connectivity index (χ0) is 18.2. The largest absolute Gasteiger partial charge is 0.356 e. The van der Waals surface area contributed by atoms with Gasteiger partial charge in [-0.15, -0.1) is 24.0 Å². The number of piperidine rings is 1. The van der Waals surface area contributed by atoms with Gasteiger partial charge in [0.2, 0.25) is 5.95 Å². The van der Waals surface area contributed by atoms with Crippen molar-refractivity contribution in [1.29, 1.82) is 0 Å². The van der Waals surface area contributed by atoms with Crippen molar-refractivity contribution in [3.63, 3.8) is 0 Å². The minimum atomic E-state index is 0. The third-order valence-corrected chi connectivity index (χ3v) is 5.25. The van der Waals surface area contributed by atoms with Crippen LogP contribution in [0.1, 0.15) is 26.2 Å². The number of aliphatic imine (C=N–C) groups is 1. The van der Waals surface area contributed by atoms with Gasteiger partial charge in [0, 0.05) is 58.7 Å². The van der Waals surface area contributed by atoms with E-state index in [1.165, 1.54) is 38.9 Å². The van der Waals surface area contributed by atoms with Gasteiger partial charge in [0.05, 0.1) is 0 Å². The van der Waals surface area contributed by atoms with Crippen LogP contribution in [-0.4, -0.2) is 85.1 Å². The molecule has 7 nitrogen and oxygen atoms in total. The van der Waals surface area contributed by atoms with Crippen molar-refractivity contribution < 1.29 is 0 Å². The van der Waals surface area contributed by atoms with Crippen molar-refractivity contribution in [2.45, 2.75) is 26.2 Å². The molecule has 1 aromatic rings. The fourth-order valence-corrected chi connectivity index (χ4v) is 3.82. The first kappa shape index (κ1) is 22.1. The highest BCUT2D eigenvalue weighted by Gasteiger charge is 2.21. The van der Waals surface area contributed by atoms with E-state index in [4.69, 9.17) is 0 Å². The first-order chi connectivity index (χ1) is 12.8. The van der Waals surface area contributed by atoms with E-state index in [9.17, 15) is 0 Å². The Labute approximate surface area is 180 Å². The molecule has 1 aromatic heterocycles. The SMILES string of the molecule is CN=C(NCC(C)CN1CCCCC1)N1CCN(c2ncccn2)CC1.I. The standard InChI is InChI=1S/C19H33N7.HI/c1-17(16-24-9-4-3-5-10-24)15-23-18(20-2)25-11-13-26(14-12-25)19-21-7-6-8-22-19;/h6-8,17H,3-5,9-16H2,1-2H3,(H,20,23);1H. The number of hydrogen-bond acceptors (Lipinski definition) is 5. The molecule has 0 saturated carbocycles. The molecule has 1 unspecified atom stereocenters. The second kappa shape index (κ2) is 11.6. The Morgan fingerprint density at radius 3 is 2.37 bits per heavy atom. The Balaban J connectivity index is 0.00000261. The van der Waals surface area contributed by atoms with Crippen molar-refractivity contribution in [3.05, 3.63) is 18.5 Å². The molecular weight excluding hydrogens is 453 g/mol. The number of nitrogens with one attached hydrogen (secondary N) is 1. The van der Waals surface area contributed by atoms with Crippen LogP contribution >= 0.6 is 24.0 Å². The molecule has 8 heteroatoms. The Morgan fingerprint density at radius 2 is 1.74 bits per heavy atom. The number of aromatic nitrogens is 2. The minimum Gasteiger partial charge on any atom is -0.356 e. The Hall–Kier alpha value is -1.16. The van der Waals surface area contributed by atoms with Crippen molar-refractivity contribution in [2.75, 3.05) is 64.3 Å². The van der Waals surface area contributed by atoms with Crippen LogP contribution in [0.5, 0.6) is 0 Å². The number of nitrogens with zero attached hydrogens (tertiary/aromatic N) is 6. The number of guanidine groups is 1. The molecule has 0 aromatic carbocycles. The van der Waals surface area contributed by atoms with Crippen LogP contribution in [0.25, 0.3) is 0 Å². The predicted octanol–water partition coefficient (Wildman–Crippen LogP) is 1.91. The summed E-state index contributed by atoms with van der Waals surface area (Å²) < 4.78 is 0. The van der Waals surface area contributed by atoms with E-state index < -0.39 is 0 Å². The average Bonchev–Trinajstić information content (AvgIpc) is 2.70. The third-order valence-electron chi connectivity index (χ3n) is 5.25. The summed E-state index contributed by atoms with van der Waals surface area (Å²) in [6.07, 6.45) is 7.72. The van der Waals surface area contributed by atoms with E-state index in [1.54, 1.807) is 12.4 Å². The molecule has 2 aliphatic heterocycles. The first-order valence-corrected chi connectivity index (χ1v) is 9.96. The highest BCUT2D eigenvalue weighted by molar-refractivity contribution is 14.0. The van der Waals surface area contributed by atoms with E-state index in [0.717, 1.165) is 44.6 Å². The van der Waals surface area contributed by atoms with Crippen molar-refractivity contribution in [1.82, 2.24) is 25.1 Å². The van der Waals surface area contributed by atoms with Gasteiger partial charge in [-0.1, -0.05) is 13.3 Å². The fourth-order valence-electron chi connectivity index (χ4n) is 3.82. The molecule has 0 aliphatic carbocycles. The summed E-state index contributed by atoms with van der Waals surface area (Å²) in [6, 6.07) is 1.86. The smallest absolute Gasteiger partial charge is 0.225 e. The second-order valence-corrected chi connectivity index (χ2v) is 7.42. The number of hydrogen-bond donors (Lipinski definition) is 1. The number of rotatable bonds is 5. The summed E-state index contributed by atoms with van der Waals surface area (Å²) >= 11 is 0. The van der Waals surface area contributed by atoms with E-state index in [2.05, 4.69) is 41.9 Å². The summed E-state index contributed by atoms with van der Waals surface area (Å²) in [5, 5.41) is 3.58. The van der Waals surface area contributed by atoms with Gasteiger partial charge in [0.1, 0.15) is 0 Å². The molecule has 0 bridgehead atoms. The minimum absolute atomic E-state index is 0. The number of likely N-dealkylation sites (tertiary alicyclic amines) is 1. The van der Waals surface area contributed by atoms with Crippen LogP contribution in [0.2, 0.25) is 0 Å². The van der Waals surface area contributed by atoms with Gasteiger partial charge in [-0.05, 0) is 37.9 Å². The molecule has 27 heavy (non-hydrogen) atoms. The highest BCUT2D eigenvalue weighted by Crippen LogP contribution is 2.12. The molecule has 3 rings (SSSR count). The van der Waals surface area contributed by atoms with Crippen molar-refractivity contribution >= 4 is 35.9 Å². The molecule has 2 fully saturated rings. The van der Waals surface area contributed by atoms with Gasteiger partial charge in [-0.2, -0.15) is 0 Å². The number of anilines is 1. The maximum atomic E-state index is 4.50. The quantitative estimate of drug-likeness (QED) is 0.389. The van der Waals surface area contributed by atoms with Crippen LogP contribution in [-0.2, 0) is 0 Å². The lowest BCUT2D eigenvalue weighted by atomic mass is 10.1. The molecular formula is C19H34IN7. The summed E-state index contributed by atoms with van der Waals surface area (Å²) in [7, 11) is 1.88. The molecule has 1 N–H and O–H groups in total. The maximum Gasteiger partial charge on any atom is 0.225 e. The molecule has 152 valence electrons. The van der Waals surface area contributed by atoms with Crippen molar-refractivity contribution in [3.8, 4) is 0 Å². The van der Waals surface area contributed by atoms with Gasteiger partial charge in [0.15, 0.2) is 5.96 Å². The van der Waals surface area contributed by atoms with Crippen LogP contribution in [0.15, 0.2) is 23.5 Å². The lowest BCUT2D eigenvalue weighted by Crippen LogP contribution is -2.53. The van der Waals surface area contributed by atoms with Crippen LogP contribution in [0.4, 0.5) is 5.95 Å². The second-order valence-electron chi connectivity index (χ2n) is 7.42. The summed E-state index contributed by atoms with van der Waals surface area (Å²) in [4.78, 5) is 20.4. The topological polar surface area (TPSA) is 59.9 Å². The van der Waals surface area contributed by atoms with Gasteiger partial charge >= 0.3 is 0 Å². The first-order valence-electron chi connectivity index (χ1n) is 9.96. The average molecular weight is 487 g/mol. The zero-order valence-corrected chi connectivity index (χ0v) is 19.0. The van der Waals surface area contributed by atoms with Gasteiger partial charge in [-0.3, -0.25) is 4.99 Å². The maximum absolute atomic E-state index is 4.50. The monoisotopic (exact) mass is 487 g/mol. The van der Waals surface area contributed by atoms with E-state index >= 15 is 0 Å². The Kier molecular flexibility index (Phi) is 9.53. The number of piperazine rings is 1. The molecule has 0 radical (unpaired) electrons. The molecule has 2 saturated heterocycles. The Bertz CT molecular complexity index is 554. The normalized spacial score (nSPS) is 20.1. The van der Waals surface area contributed by atoms with Gasteiger partial charge in [0.25, 0.3) is 0 Å². The van der Waals surface area contributed by atoms with Gasteiger partial charge < -0.3 is 20.0 Å². The molecule has 2 aliphatic rings. The van der Waals surface area contributed by atoms with E-state index in [0.29, 0.717) is 5.92 Å². The third kappa shape index (κ3) is 6.74. The van der Waals surface area contributed by atoms with Crippen LogP contribution in [0.3, 0.4) is 0 Å². The molecule has 3 heterocycles. The van der Waals surface area contributed by atoms with Gasteiger partial charge in [-0.25, -0.2) is 9.97 Å². The summed E-state index contributed by atoms with van der Waals surface area (Å²) in [5.41, 5.74) is 0. The molecule has 0 spiro atoms. The van der Waals surface area contributed by atoms with Crippen molar-refractivity contribution in [2.24, 2.45) is 10.9 Å². The lowest BCUT2D eigenvalue weighted by Gasteiger charge is -2.37. The highest BCUT2D eigenvalue weighted by atomic mass is 127. The van der Waals surface area contributed by atoms with Crippen LogP contribution in [0, 0.1) is 5.92 Å². The Morgan fingerprint density at radius 1 is 1.07 bits per heavy atom. The summed E-state index contributed by atoms with van der Waals surface area (Å²) in [6.45, 7) is 10.8. The van der Waals surface area contributed by atoms with Crippen LogP contribution < -0.4 is 10.2 Å². The molecule has 0 amide bonds. The molecule has 1 atom stereocenters. The van der Waals surface area contributed by atoms with E-state index in [-0.39, 0.29) is 24.0 Å². The summed E-state index contributed by atoms with van der Waals surface area (Å²) in [5.74, 6) is 2.47. The van der Waals surface area contributed by atoms with E-state index in [1.807, 2.05) is 13.1 Å². The zero-order valence-electron chi connectivity index (χ0n) is 16.7.